The third-order valence-corrected chi connectivity index (χ3v) is 1.98. The first-order chi connectivity index (χ1) is 6.50. The number of esters is 1. The van der Waals surface area contributed by atoms with Crippen molar-refractivity contribution in [2.75, 3.05) is 20.0 Å². The minimum atomic E-state index is -0.424. The lowest BCUT2D eigenvalue weighted by atomic mass is 9.97. The van der Waals surface area contributed by atoms with Gasteiger partial charge >= 0.3 is 5.97 Å². The van der Waals surface area contributed by atoms with Gasteiger partial charge in [0.05, 0.1) is 24.7 Å². The summed E-state index contributed by atoms with van der Waals surface area (Å²) < 4.78 is 15.3. The van der Waals surface area contributed by atoms with Gasteiger partial charge in [-0.3, -0.25) is 4.79 Å². The minimum absolute atomic E-state index is 0.0859. The normalized spacial score (nSPS) is 22.4. The van der Waals surface area contributed by atoms with E-state index in [1.807, 2.05) is 20.8 Å². The highest BCUT2D eigenvalue weighted by molar-refractivity contribution is 5.75. The molecule has 4 heteroatoms. The van der Waals surface area contributed by atoms with Gasteiger partial charge in [-0.05, 0) is 20.8 Å². The molecule has 1 rings (SSSR count). The van der Waals surface area contributed by atoms with Crippen molar-refractivity contribution in [3.63, 3.8) is 0 Å². The quantitative estimate of drug-likeness (QED) is 0.648. The molecule has 1 aliphatic heterocycles. The lowest BCUT2D eigenvalue weighted by molar-refractivity contribution is -0.153. The van der Waals surface area contributed by atoms with Crippen LogP contribution < -0.4 is 0 Å². The van der Waals surface area contributed by atoms with Gasteiger partial charge in [0.25, 0.3) is 0 Å². The lowest BCUT2D eigenvalue weighted by Crippen LogP contribution is -2.24. The molecule has 14 heavy (non-hydrogen) atoms. The van der Waals surface area contributed by atoms with Crippen LogP contribution in [0.25, 0.3) is 0 Å². The topological polar surface area (TPSA) is 44.8 Å². The number of hydrogen-bond acceptors (Lipinski definition) is 4. The van der Waals surface area contributed by atoms with Crippen LogP contribution in [-0.4, -0.2) is 32.1 Å². The van der Waals surface area contributed by atoms with Gasteiger partial charge < -0.3 is 14.2 Å². The molecule has 4 nitrogen and oxygen atoms in total. The van der Waals surface area contributed by atoms with Crippen LogP contribution in [-0.2, 0) is 19.0 Å². The molecule has 1 unspecified atom stereocenters. The maximum atomic E-state index is 11.3. The zero-order valence-electron chi connectivity index (χ0n) is 9.04. The van der Waals surface area contributed by atoms with Crippen molar-refractivity contribution in [3.8, 4) is 0 Å². The Labute approximate surface area is 84.5 Å². The van der Waals surface area contributed by atoms with Crippen molar-refractivity contribution in [2.24, 2.45) is 5.41 Å². The van der Waals surface area contributed by atoms with Gasteiger partial charge in [-0.25, -0.2) is 0 Å². The van der Waals surface area contributed by atoms with Crippen LogP contribution in [0.5, 0.6) is 0 Å². The molecule has 0 radical (unpaired) electrons. The Bertz CT molecular complexity index is 189. The molecule has 0 aromatic carbocycles. The number of hydrogen-bond donors (Lipinski definition) is 0. The highest BCUT2D eigenvalue weighted by atomic mass is 16.7. The van der Waals surface area contributed by atoms with Gasteiger partial charge in [-0.2, -0.15) is 0 Å². The van der Waals surface area contributed by atoms with Gasteiger partial charge in [0, 0.05) is 6.42 Å². The van der Waals surface area contributed by atoms with Gasteiger partial charge in [-0.15, -0.1) is 0 Å². The molecular formula is C10H18O4. The van der Waals surface area contributed by atoms with Crippen molar-refractivity contribution in [1.82, 2.24) is 0 Å². The van der Waals surface area contributed by atoms with E-state index in [0.29, 0.717) is 26.4 Å². The average molecular weight is 202 g/mol. The fourth-order valence-electron chi connectivity index (χ4n) is 1.04. The van der Waals surface area contributed by atoms with Gasteiger partial charge in [0.15, 0.2) is 0 Å². The minimum Gasteiger partial charge on any atom is -0.465 e. The van der Waals surface area contributed by atoms with Gasteiger partial charge in [-0.1, -0.05) is 0 Å². The van der Waals surface area contributed by atoms with Crippen molar-refractivity contribution in [1.29, 1.82) is 0 Å². The van der Waals surface area contributed by atoms with Crippen LogP contribution in [0.1, 0.15) is 27.2 Å². The summed E-state index contributed by atoms with van der Waals surface area (Å²) in [7, 11) is 0. The van der Waals surface area contributed by atoms with E-state index in [-0.39, 0.29) is 12.1 Å². The van der Waals surface area contributed by atoms with Crippen LogP contribution in [0.15, 0.2) is 0 Å². The number of carbonyl (C=O) groups excluding carboxylic acids is 1. The SMILES string of the molecule is CC(C)(C)C(=O)OCCC1COCO1. The Hall–Kier alpha value is -0.610. The molecule has 0 amide bonds. The van der Waals surface area contributed by atoms with Crippen LogP contribution >= 0.6 is 0 Å². The maximum absolute atomic E-state index is 11.3. The first-order valence-corrected chi connectivity index (χ1v) is 4.87. The molecule has 0 aromatic rings. The van der Waals surface area contributed by atoms with E-state index in [0.717, 1.165) is 0 Å². The van der Waals surface area contributed by atoms with Gasteiger partial charge in [0.1, 0.15) is 6.79 Å². The van der Waals surface area contributed by atoms with Crippen LogP contribution in [0.2, 0.25) is 0 Å². The van der Waals surface area contributed by atoms with E-state index < -0.39 is 5.41 Å². The summed E-state index contributed by atoms with van der Waals surface area (Å²) in [6.07, 6.45) is 0.796. The first kappa shape index (κ1) is 11.5. The number of ether oxygens (including phenoxy) is 3. The van der Waals surface area contributed by atoms with Crippen LogP contribution in [0, 0.1) is 5.41 Å². The Kier molecular flexibility index (Phi) is 3.89. The van der Waals surface area contributed by atoms with E-state index in [1.165, 1.54) is 0 Å². The lowest BCUT2D eigenvalue weighted by Gasteiger charge is -2.17. The van der Waals surface area contributed by atoms with E-state index in [4.69, 9.17) is 14.2 Å². The monoisotopic (exact) mass is 202 g/mol. The average Bonchev–Trinajstić information content (AvgIpc) is 2.55. The molecule has 1 heterocycles. The second kappa shape index (κ2) is 4.75. The predicted molar refractivity (Wildman–Crippen MR) is 50.7 cm³/mol. The summed E-state index contributed by atoms with van der Waals surface area (Å²) in [6, 6.07) is 0. The fourth-order valence-corrected chi connectivity index (χ4v) is 1.04. The van der Waals surface area contributed by atoms with E-state index in [9.17, 15) is 4.79 Å². The van der Waals surface area contributed by atoms with Crippen LogP contribution in [0.4, 0.5) is 0 Å². The summed E-state index contributed by atoms with van der Waals surface area (Å²) in [5.41, 5.74) is -0.424. The molecule has 0 N–H and O–H groups in total. The predicted octanol–water partition coefficient (Wildman–Crippen LogP) is 1.34. The third-order valence-electron chi connectivity index (χ3n) is 1.98. The fraction of sp³-hybridized carbons (Fsp3) is 0.900. The molecule has 1 saturated heterocycles. The Morgan fingerprint density at radius 3 is 2.71 bits per heavy atom. The highest BCUT2D eigenvalue weighted by Crippen LogP contribution is 2.16. The molecule has 0 aliphatic carbocycles. The highest BCUT2D eigenvalue weighted by Gasteiger charge is 2.23. The van der Waals surface area contributed by atoms with Crippen molar-refractivity contribution >= 4 is 5.97 Å². The summed E-state index contributed by atoms with van der Waals surface area (Å²) >= 11 is 0. The number of rotatable bonds is 3. The summed E-state index contributed by atoms with van der Waals surface area (Å²) in [5, 5.41) is 0. The molecule has 1 aliphatic rings. The third kappa shape index (κ3) is 3.64. The molecular weight excluding hydrogens is 184 g/mol. The molecule has 1 fully saturated rings. The molecule has 0 bridgehead atoms. The zero-order chi connectivity index (χ0) is 10.6. The first-order valence-electron chi connectivity index (χ1n) is 4.87. The van der Waals surface area contributed by atoms with Crippen molar-refractivity contribution in [3.05, 3.63) is 0 Å². The van der Waals surface area contributed by atoms with E-state index in [1.54, 1.807) is 0 Å². The largest absolute Gasteiger partial charge is 0.465 e. The van der Waals surface area contributed by atoms with Crippen molar-refractivity contribution in [2.45, 2.75) is 33.3 Å². The second-order valence-electron chi connectivity index (χ2n) is 4.45. The Morgan fingerprint density at radius 1 is 1.50 bits per heavy atom. The molecule has 82 valence electrons. The summed E-state index contributed by atoms with van der Waals surface area (Å²) in [5.74, 6) is -0.170. The molecule has 0 aromatic heterocycles. The van der Waals surface area contributed by atoms with E-state index >= 15 is 0 Å². The zero-order valence-corrected chi connectivity index (χ0v) is 9.04. The Balaban J connectivity index is 2.11. The molecule has 0 saturated carbocycles. The second-order valence-corrected chi connectivity index (χ2v) is 4.45. The summed E-state index contributed by atoms with van der Waals surface area (Å²) in [4.78, 5) is 11.3. The van der Waals surface area contributed by atoms with E-state index in [2.05, 4.69) is 0 Å². The Morgan fingerprint density at radius 2 is 2.21 bits per heavy atom. The molecule has 0 spiro atoms. The smallest absolute Gasteiger partial charge is 0.311 e. The number of carbonyl (C=O) groups is 1. The standard InChI is InChI=1S/C10H18O4/c1-10(2,3)9(11)13-5-4-8-6-12-7-14-8/h8H,4-7H2,1-3H3. The summed E-state index contributed by atoms with van der Waals surface area (Å²) in [6.45, 7) is 6.88. The van der Waals surface area contributed by atoms with Gasteiger partial charge in [0.2, 0.25) is 0 Å². The maximum Gasteiger partial charge on any atom is 0.311 e. The van der Waals surface area contributed by atoms with Crippen molar-refractivity contribution < 1.29 is 19.0 Å². The molecule has 1 atom stereocenters. The van der Waals surface area contributed by atoms with Crippen LogP contribution in [0.3, 0.4) is 0 Å².